The number of carbonyl (C=O) groups excluding carboxylic acids is 1. The van der Waals surface area contributed by atoms with Crippen LogP contribution in [0.25, 0.3) is 0 Å². The molecule has 150 valence electrons. The van der Waals surface area contributed by atoms with E-state index in [1.54, 1.807) is 12.1 Å². The molecule has 1 saturated heterocycles. The maximum Gasteiger partial charge on any atom is 0.257 e. The number of benzene rings is 1. The molecule has 0 saturated carbocycles. The van der Waals surface area contributed by atoms with Crippen LogP contribution in [0.4, 0.5) is 10.2 Å². The Morgan fingerprint density at radius 1 is 1.32 bits per heavy atom. The molecule has 6 nitrogen and oxygen atoms in total. The highest BCUT2D eigenvalue weighted by atomic mass is 35.5. The van der Waals surface area contributed by atoms with Crippen molar-refractivity contribution in [2.45, 2.75) is 13.5 Å². The highest BCUT2D eigenvalue weighted by Crippen LogP contribution is 2.26. The van der Waals surface area contributed by atoms with Gasteiger partial charge in [0.25, 0.3) is 5.91 Å². The lowest BCUT2D eigenvalue weighted by Gasteiger charge is -2.28. The van der Waals surface area contributed by atoms with E-state index in [9.17, 15) is 9.18 Å². The van der Waals surface area contributed by atoms with Gasteiger partial charge in [0.1, 0.15) is 24.7 Å². The molecule has 0 aliphatic carbocycles. The van der Waals surface area contributed by atoms with Crippen molar-refractivity contribution in [3.8, 4) is 5.88 Å². The normalized spacial score (nSPS) is 14.0. The number of hydrogen-bond acceptors (Lipinski definition) is 5. The molecule has 0 spiro atoms. The van der Waals surface area contributed by atoms with Crippen LogP contribution in [0.1, 0.15) is 21.5 Å². The minimum atomic E-state index is -0.658. The van der Waals surface area contributed by atoms with Gasteiger partial charge in [0, 0.05) is 24.7 Å². The molecule has 0 atom stereocenters. The number of alkyl halides is 1. The fourth-order valence-electron chi connectivity index (χ4n) is 2.97. The summed E-state index contributed by atoms with van der Waals surface area (Å²) in [6, 6.07) is 9.07. The van der Waals surface area contributed by atoms with E-state index in [4.69, 9.17) is 21.1 Å². The quantitative estimate of drug-likeness (QED) is 0.763. The molecule has 1 aliphatic heterocycles. The maximum atomic E-state index is 12.8. The van der Waals surface area contributed by atoms with Gasteiger partial charge in [0.15, 0.2) is 0 Å². The molecular formula is C20H23ClFN3O3. The van der Waals surface area contributed by atoms with Crippen LogP contribution in [0.3, 0.4) is 0 Å². The van der Waals surface area contributed by atoms with Crippen molar-refractivity contribution >= 4 is 23.3 Å². The fraction of sp³-hybridized carbons (Fsp3) is 0.400. The minimum absolute atomic E-state index is 0.146. The van der Waals surface area contributed by atoms with Gasteiger partial charge in [-0.1, -0.05) is 23.7 Å². The Morgan fingerprint density at radius 2 is 2.04 bits per heavy atom. The number of nitrogens with zero attached hydrogens (tertiary/aromatic N) is 2. The lowest BCUT2D eigenvalue weighted by Crippen LogP contribution is -2.37. The van der Waals surface area contributed by atoms with E-state index >= 15 is 0 Å². The van der Waals surface area contributed by atoms with Gasteiger partial charge in [-0.2, -0.15) is 4.98 Å². The maximum absolute atomic E-state index is 12.8. The Labute approximate surface area is 168 Å². The number of carbonyl (C=O) groups is 1. The van der Waals surface area contributed by atoms with Crippen LogP contribution < -0.4 is 15.0 Å². The SMILES string of the molecule is Cc1cc(N2CCOCC2)nc(OCCF)c1C(=O)NCc1ccc(Cl)cc1. The molecule has 1 fully saturated rings. The summed E-state index contributed by atoms with van der Waals surface area (Å²) in [6.07, 6.45) is 0. The van der Waals surface area contributed by atoms with Crippen molar-refractivity contribution in [1.82, 2.24) is 10.3 Å². The largest absolute Gasteiger partial charge is 0.474 e. The number of aryl methyl sites for hydroxylation is 1. The van der Waals surface area contributed by atoms with Crippen LogP contribution in [-0.2, 0) is 11.3 Å². The van der Waals surface area contributed by atoms with Gasteiger partial charge in [0.05, 0.1) is 13.2 Å². The number of aromatic nitrogens is 1. The summed E-state index contributed by atoms with van der Waals surface area (Å²) < 4.78 is 23.5. The van der Waals surface area contributed by atoms with Crippen LogP contribution in [-0.4, -0.2) is 50.5 Å². The number of morpholine rings is 1. The lowest BCUT2D eigenvalue weighted by molar-refractivity contribution is 0.0944. The van der Waals surface area contributed by atoms with E-state index in [1.807, 2.05) is 25.1 Å². The number of pyridine rings is 1. The first kappa shape index (κ1) is 20.4. The predicted molar refractivity (Wildman–Crippen MR) is 106 cm³/mol. The Balaban J connectivity index is 1.80. The summed E-state index contributed by atoms with van der Waals surface area (Å²) in [7, 11) is 0. The zero-order valence-corrected chi connectivity index (χ0v) is 16.5. The number of anilines is 1. The molecule has 2 aromatic rings. The summed E-state index contributed by atoms with van der Waals surface area (Å²) in [6.45, 7) is 3.99. The molecule has 2 heterocycles. The Hall–Kier alpha value is -2.38. The Bertz CT molecular complexity index is 811. The molecule has 1 aromatic carbocycles. The molecule has 1 N–H and O–H groups in total. The second-order valence-electron chi connectivity index (χ2n) is 6.42. The number of hydrogen-bond donors (Lipinski definition) is 1. The highest BCUT2D eigenvalue weighted by Gasteiger charge is 2.22. The van der Waals surface area contributed by atoms with Gasteiger partial charge in [-0.25, -0.2) is 4.39 Å². The molecule has 1 amide bonds. The third-order valence-corrected chi connectivity index (χ3v) is 4.67. The van der Waals surface area contributed by atoms with Crippen LogP contribution in [0.5, 0.6) is 5.88 Å². The first-order valence-electron chi connectivity index (χ1n) is 9.14. The van der Waals surface area contributed by atoms with Gasteiger partial charge in [-0.05, 0) is 36.2 Å². The molecule has 0 bridgehead atoms. The summed E-state index contributed by atoms with van der Waals surface area (Å²) in [5, 5.41) is 3.50. The van der Waals surface area contributed by atoms with Crippen LogP contribution >= 0.6 is 11.6 Å². The number of rotatable bonds is 7. The van der Waals surface area contributed by atoms with Crippen molar-refractivity contribution in [2.75, 3.05) is 44.5 Å². The van der Waals surface area contributed by atoms with Crippen molar-refractivity contribution in [3.05, 3.63) is 52.0 Å². The van der Waals surface area contributed by atoms with E-state index in [1.165, 1.54) is 0 Å². The fourth-order valence-corrected chi connectivity index (χ4v) is 3.10. The number of amides is 1. The molecule has 1 aliphatic rings. The van der Waals surface area contributed by atoms with Gasteiger partial charge in [-0.3, -0.25) is 4.79 Å². The summed E-state index contributed by atoms with van der Waals surface area (Å²) in [5.41, 5.74) is 1.96. The van der Waals surface area contributed by atoms with Crippen molar-refractivity contribution in [1.29, 1.82) is 0 Å². The van der Waals surface area contributed by atoms with Gasteiger partial charge < -0.3 is 19.7 Å². The summed E-state index contributed by atoms with van der Waals surface area (Å²) in [4.78, 5) is 19.3. The number of ether oxygens (including phenoxy) is 2. The molecule has 3 rings (SSSR count). The van der Waals surface area contributed by atoms with Gasteiger partial charge in [-0.15, -0.1) is 0 Å². The molecular weight excluding hydrogens is 385 g/mol. The Kier molecular flexibility index (Phi) is 7.06. The summed E-state index contributed by atoms with van der Waals surface area (Å²) in [5.74, 6) is 0.527. The third-order valence-electron chi connectivity index (χ3n) is 4.41. The highest BCUT2D eigenvalue weighted by molar-refractivity contribution is 6.30. The van der Waals surface area contributed by atoms with E-state index in [-0.39, 0.29) is 18.4 Å². The predicted octanol–water partition coefficient (Wildman–Crippen LogP) is 3.16. The van der Waals surface area contributed by atoms with E-state index in [2.05, 4.69) is 15.2 Å². The molecule has 28 heavy (non-hydrogen) atoms. The average Bonchev–Trinajstić information content (AvgIpc) is 2.72. The van der Waals surface area contributed by atoms with E-state index in [0.29, 0.717) is 49.3 Å². The third kappa shape index (κ3) is 5.11. The van der Waals surface area contributed by atoms with Crippen molar-refractivity contribution < 1.29 is 18.7 Å². The second kappa shape index (κ2) is 9.71. The molecule has 8 heteroatoms. The molecule has 1 aromatic heterocycles. The standard InChI is InChI=1S/C20H23ClFN3O3/c1-14-12-17(25-7-10-27-11-8-25)24-20(28-9-6-22)18(14)19(26)23-13-15-2-4-16(21)5-3-15/h2-5,12H,6-11,13H2,1H3,(H,23,26). The number of nitrogens with one attached hydrogen (secondary N) is 1. The van der Waals surface area contributed by atoms with Gasteiger partial charge in [0.2, 0.25) is 5.88 Å². The van der Waals surface area contributed by atoms with Crippen LogP contribution in [0, 0.1) is 6.92 Å². The zero-order chi connectivity index (χ0) is 19.9. The van der Waals surface area contributed by atoms with Crippen molar-refractivity contribution in [2.24, 2.45) is 0 Å². The zero-order valence-electron chi connectivity index (χ0n) is 15.7. The smallest absolute Gasteiger partial charge is 0.257 e. The first-order chi connectivity index (χ1) is 13.6. The van der Waals surface area contributed by atoms with Crippen molar-refractivity contribution in [3.63, 3.8) is 0 Å². The topological polar surface area (TPSA) is 63.7 Å². The first-order valence-corrected chi connectivity index (χ1v) is 9.52. The average molecular weight is 408 g/mol. The van der Waals surface area contributed by atoms with E-state index < -0.39 is 6.67 Å². The van der Waals surface area contributed by atoms with Gasteiger partial charge >= 0.3 is 0 Å². The minimum Gasteiger partial charge on any atom is -0.474 e. The van der Waals surface area contributed by atoms with E-state index in [0.717, 1.165) is 11.1 Å². The lowest BCUT2D eigenvalue weighted by atomic mass is 10.1. The van der Waals surface area contributed by atoms with Crippen LogP contribution in [0.2, 0.25) is 5.02 Å². The second-order valence-corrected chi connectivity index (χ2v) is 6.86. The van der Waals surface area contributed by atoms with Crippen LogP contribution in [0.15, 0.2) is 30.3 Å². The number of halogens is 2. The summed E-state index contributed by atoms with van der Waals surface area (Å²) >= 11 is 5.88. The molecule has 0 unspecified atom stereocenters. The monoisotopic (exact) mass is 407 g/mol. The molecule has 0 radical (unpaired) electrons. The Morgan fingerprint density at radius 3 is 2.71 bits per heavy atom.